The third-order valence-electron chi connectivity index (χ3n) is 8.52. The predicted octanol–water partition coefficient (Wildman–Crippen LogP) is 4.61. The maximum atomic E-state index is 13.6. The van der Waals surface area contributed by atoms with Crippen molar-refractivity contribution in [3.63, 3.8) is 0 Å². The van der Waals surface area contributed by atoms with Gasteiger partial charge in [-0.15, -0.1) is 5.10 Å². The monoisotopic (exact) mass is 544 g/mol. The molecule has 3 aromatic heterocycles. The first-order valence-electron chi connectivity index (χ1n) is 13.4. The van der Waals surface area contributed by atoms with Crippen molar-refractivity contribution in [2.24, 2.45) is 12.5 Å². The molecule has 0 unspecified atom stereocenters. The Morgan fingerprint density at radius 3 is 2.56 bits per heavy atom. The molecule has 2 saturated carbocycles. The van der Waals surface area contributed by atoms with E-state index in [0.717, 1.165) is 22.6 Å². The molecule has 0 bridgehead atoms. The molecule has 200 valence electrons. The van der Waals surface area contributed by atoms with Crippen molar-refractivity contribution in [3.8, 4) is 5.69 Å². The number of aromatic nitrogens is 6. The number of benzene rings is 1. The van der Waals surface area contributed by atoms with E-state index in [1.165, 1.54) is 47.1 Å². The summed E-state index contributed by atoms with van der Waals surface area (Å²) in [7, 11) is -2.02. The summed E-state index contributed by atoms with van der Waals surface area (Å²) in [6.45, 7) is 0. The van der Waals surface area contributed by atoms with Gasteiger partial charge in [0.1, 0.15) is 12.1 Å². The Hall–Kier alpha value is -3.66. The van der Waals surface area contributed by atoms with E-state index in [0.29, 0.717) is 38.0 Å². The second kappa shape index (κ2) is 8.94. The minimum absolute atomic E-state index is 0.106. The first-order valence-corrected chi connectivity index (χ1v) is 14.9. The number of nitrogens with zero attached hydrogens (tertiary/aromatic N) is 6. The number of allylic oxidation sites excluding steroid dienone is 1. The lowest BCUT2D eigenvalue weighted by molar-refractivity contribution is 0.265. The lowest BCUT2D eigenvalue weighted by Crippen LogP contribution is -2.42. The summed E-state index contributed by atoms with van der Waals surface area (Å²) in [5.41, 5.74) is 5.85. The SMILES string of the molecule is Cn1cnc(S(=O)(=O)[C@H]2CCC3=Cc4c(cnn4-c4ccc(F)cc4)C[C@]3(Cc3ccc(C4CC4)cn3)C2)n1. The van der Waals surface area contributed by atoms with Gasteiger partial charge < -0.3 is 0 Å². The fraction of sp³-hybridized carbons (Fsp3) is 0.379. The lowest BCUT2D eigenvalue weighted by atomic mass is 9.62. The summed E-state index contributed by atoms with van der Waals surface area (Å²) >= 11 is 0. The summed E-state index contributed by atoms with van der Waals surface area (Å²) in [6.07, 6.45) is 12.8. The number of fused-ring (bicyclic) bond motifs is 2. The Balaban J connectivity index is 1.27. The summed E-state index contributed by atoms with van der Waals surface area (Å²) in [5.74, 6) is 0.337. The molecule has 0 aliphatic heterocycles. The predicted molar refractivity (Wildman–Crippen MR) is 143 cm³/mol. The Labute approximate surface area is 226 Å². The van der Waals surface area contributed by atoms with Crippen LogP contribution in [0, 0.1) is 11.2 Å². The van der Waals surface area contributed by atoms with Crippen LogP contribution in [0.2, 0.25) is 0 Å². The molecule has 2 atom stereocenters. The first kappa shape index (κ1) is 24.4. The van der Waals surface area contributed by atoms with Gasteiger partial charge in [0.25, 0.3) is 5.16 Å². The van der Waals surface area contributed by atoms with Gasteiger partial charge in [0, 0.05) is 24.4 Å². The smallest absolute Gasteiger partial charge is 0.261 e. The highest BCUT2D eigenvalue weighted by Crippen LogP contribution is 2.52. The Kier molecular flexibility index (Phi) is 5.59. The second-order valence-electron chi connectivity index (χ2n) is 11.2. The van der Waals surface area contributed by atoms with E-state index in [4.69, 9.17) is 4.98 Å². The van der Waals surface area contributed by atoms with Gasteiger partial charge in [0.2, 0.25) is 9.84 Å². The highest BCUT2D eigenvalue weighted by Gasteiger charge is 2.48. The summed E-state index contributed by atoms with van der Waals surface area (Å²) in [6, 6.07) is 10.6. The van der Waals surface area contributed by atoms with Crippen LogP contribution in [-0.4, -0.2) is 43.2 Å². The average Bonchev–Trinajstić information content (AvgIpc) is 3.56. The van der Waals surface area contributed by atoms with Gasteiger partial charge in [-0.3, -0.25) is 9.67 Å². The van der Waals surface area contributed by atoms with Crippen LogP contribution in [0.25, 0.3) is 11.8 Å². The van der Waals surface area contributed by atoms with Crippen LogP contribution in [0.1, 0.15) is 60.5 Å². The van der Waals surface area contributed by atoms with Crippen LogP contribution < -0.4 is 0 Å². The number of halogens is 1. The molecule has 3 heterocycles. The molecule has 8 nitrogen and oxygen atoms in total. The van der Waals surface area contributed by atoms with Crippen LogP contribution in [0.3, 0.4) is 0 Å². The fourth-order valence-corrected chi connectivity index (χ4v) is 8.02. The van der Waals surface area contributed by atoms with E-state index in [9.17, 15) is 12.8 Å². The maximum absolute atomic E-state index is 13.6. The molecule has 4 aromatic rings. The molecular weight excluding hydrogens is 515 g/mol. The largest absolute Gasteiger partial charge is 0.267 e. The van der Waals surface area contributed by atoms with Crippen LogP contribution in [0.4, 0.5) is 4.39 Å². The van der Waals surface area contributed by atoms with E-state index in [2.05, 4.69) is 33.4 Å². The minimum Gasteiger partial charge on any atom is -0.261 e. The van der Waals surface area contributed by atoms with Crippen LogP contribution in [0.15, 0.2) is 65.8 Å². The van der Waals surface area contributed by atoms with Crippen molar-refractivity contribution >= 4 is 15.9 Å². The molecule has 10 heteroatoms. The van der Waals surface area contributed by atoms with E-state index >= 15 is 0 Å². The van der Waals surface area contributed by atoms with Gasteiger partial charge in [0.15, 0.2) is 0 Å². The number of rotatable bonds is 6. The van der Waals surface area contributed by atoms with Crippen molar-refractivity contribution in [1.82, 2.24) is 29.5 Å². The quantitative estimate of drug-likeness (QED) is 0.352. The molecule has 0 N–H and O–H groups in total. The van der Waals surface area contributed by atoms with Crippen LogP contribution in [0.5, 0.6) is 0 Å². The molecule has 3 aliphatic rings. The molecule has 0 saturated heterocycles. The van der Waals surface area contributed by atoms with E-state index in [1.54, 1.807) is 19.2 Å². The Morgan fingerprint density at radius 1 is 1.05 bits per heavy atom. The molecule has 1 aromatic carbocycles. The molecule has 0 spiro atoms. The molecule has 0 radical (unpaired) electrons. The Bertz CT molecular complexity index is 1690. The van der Waals surface area contributed by atoms with E-state index < -0.39 is 20.5 Å². The van der Waals surface area contributed by atoms with Crippen LogP contribution >= 0.6 is 0 Å². The molecule has 7 rings (SSSR count). The van der Waals surface area contributed by atoms with Gasteiger partial charge in [-0.1, -0.05) is 11.6 Å². The summed E-state index contributed by atoms with van der Waals surface area (Å²) < 4.78 is 44.1. The number of pyridine rings is 1. The molecule has 2 fully saturated rings. The average molecular weight is 545 g/mol. The maximum Gasteiger partial charge on any atom is 0.267 e. The molecule has 39 heavy (non-hydrogen) atoms. The van der Waals surface area contributed by atoms with E-state index in [1.807, 2.05) is 17.1 Å². The highest BCUT2D eigenvalue weighted by molar-refractivity contribution is 7.91. The zero-order valence-corrected chi connectivity index (χ0v) is 22.5. The number of hydrogen-bond donors (Lipinski definition) is 0. The lowest BCUT2D eigenvalue weighted by Gasteiger charge is -2.45. The molecule has 3 aliphatic carbocycles. The number of aryl methyl sites for hydroxylation is 1. The topological polar surface area (TPSA) is 95.6 Å². The van der Waals surface area contributed by atoms with Crippen molar-refractivity contribution in [1.29, 1.82) is 0 Å². The van der Waals surface area contributed by atoms with Crippen molar-refractivity contribution in [3.05, 3.63) is 89.0 Å². The third-order valence-corrected chi connectivity index (χ3v) is 10.5. The van der Waals surface area contributed by atoms with Gasteiger partial charge in [-0.05, 0) is 98.4 Å². The summed E-state index contributed by atoms with van der Waals surface area (Å²) in [5, 5.41) is 8.08. The molecule has 0 amide bonds. The normalized spacial score (nSPS) is 22.7. The zero-order valence-electron chi connectivity index (χ0n) is 21.7. The van der Waals surface area contributed by atoms with Gasteiger partial charge >= 0.3 is 0 Å². The van der Waals surface area contributed by atoms with Crippen LogP contribution in [-0.2, 0) is 29.7 Å². The van der Waals surface area contributed by atoms with Gasteiger partial charge in [0.05, 0.1) is 22.8 Å². The number of hydrogen-bond acceptors (Lipinski definition) is 6. The van der Waals surface area contributed by atoms with Crippen molar-refractivity contribution in [2.75, 3.05) is 0 Å². The first-order chi connectivity index (χ1) is 18.8. The van der Waals surface area contributed by atoms with E-state index in [-0.39, 0.29) is 11.0 Å². The van der Waals surface area contributed by atoms with Crippen molar-refractivity contribution in [2.45, 2.75) is 61.3 Å². The van der Waals surface area contributed by atoms with Crippen molar-refractivity contribution < 1.29 is 12.8 Å². The molecular formula is C29H29FN6O2S. The highest BCUT2D eigenvalue weighted by atomic mass is 32.2. The fourth-order valence-electron chi connectivity index (χ4n) is 6.32. The third kappa shape index (κ3) is 4.30. The Morgan fingerprint density at radius 2 is 1.87 bits per heavy atom. The second-order valence-corrected chi connectivity index (χ2v) is 13.3. The minimum atomic E-state index is -3.70. The van der Waals surface area contributed by atoms with Gasteiger partial charge in [-0.2, -0.15) is 5.10 Å². The zero-order chi connectivity index (χ0) is 26.8. The van der Waals surface area contributed by atoms with Gasteiger partial charge in [-0.25, -0.2) is 22.5 Å². The standard InChI is InChI=1S/C29H29FN6O2S/c1-35-18-32-28(34-35)39(37,38)26-11-5-22-12-27-21(17-33-36(27)25-9-6-23(30)7-10-25)13-29(22,15-26)14-24-8-4-20(16-31-24)19-2-3-19/h4,6-10,12,16-19,26H,2-3,5,11,13-15H2,1H3/t26-,29-/m0/s1. The number of sulfone groups is 1. The summed E-state index contributed by atoms with van der Waals surface area (Å²) in [4.78, 5) is 8.91.